The highest BCUT2D eigenvalue weighted by Gasteiger charge is 2.48. The number of carboxylic acid groups (broad SMARTS) is 1. The molecule has 0 radical (unpaired) electrons. The topological polar surface area (TPSA) is 66.4 Å². The van der Waals surface area contributed by atoms with Crippen molar-refractivity contribution in [3.8, 4) is 0 Å². The first-order chi connectivity index (χ1) is 8.65. The van der Waals surface area contributed by atoms with E-state index in [0.29, 0.717) is 6.42 Å². The second kappa shape index (κ2) is 4.12. The molecule has 0 saturated heterocycles. The third-order valence-corrected chi connectivity index (χ3v) is 3.84. The van der Waals surface area contributed by atoms with Crippen LogP contribution in [-0.4, -0.2) is 23.0 Å². The van der Waals surface area contributed by atoms with E-state index in [-0.39, 0.29) is 17.9 Å². The second-order valence-electron chi connectivity index (χ2n) is 5.17. The number of carbonyl (C=O) groups is 2. The fraction of sp³-hybridized carbons (Fsp3) is 0.429. The van der Waals surface area contributed by atoms with Gasteiger partial charge in [-0.05, 0) is 30.4 Å². The van der Waals surface area contributed by atoms with Crippen LogP contribution in [0.1, 0.15) is 17.5 Å². The zero-order valence-electron chi connectivity index (χ0n) is 9.93. The maximum atomic E-state index is 11.9. The van der Waals surface area contributed by atoms with Crippen LogP contribution in [0.5, 0.6) is 0 Å². The van der Waals surface area contributed by atoms with Gasteiger partial charge in [-0.1, -0.05) is 24.3 Å². The van der Waals surface area contributed by atoms with Gasteiger partial charge in [0.15, 0.2) is 0 Å². The van der Waals surface area contributed by atoms with Gasteiger partial charge < -0.3 is 10.4 Å². The van der Waals surface area contributed by atoms with E-state index in [2.05, 4.69) is 17.4 Å². The lowest BCUT2D eigenvalue weighted by Crippen LogP contribution is -2.37. The Balaban J connectivity index is 1.57. The van der Waals surface area contributed by atoms with Gasteiger partial charge in [0.25, 0.3) is 0 Å². The molecule has 0 heterocycles. The van der Waals surface area contributed by atoms with Crippen LogP contribution < -0.4 is 5.32 Å². The quantitative estimate of drug-likeness (QED) is 0.834. The first-order valence-electron chi connectivity index (χ1n) is 6.25. The zero-order valence-corrected chi connectivity index (χ0v) is 9.93. The maximum Gasteiger partial charge on any atom is 0.307 e. The molecular weight excluding hydrogens is 230 g/mol. The van der Waals surface area contributed by atoms with Gasteiger partial charge in [0.1, 0.15) is 0 Å². The standard InChI is InChI=1S/C14H15NO3/c16-13(11-7-12(11)14(17)18)15-10-5-8-3-1-2-4-9(8)6-10/h1-4,10-12H,5-7H2,(H,15,16)(H,17,18). The third-order valence-electron chi connectivity index (χ3n) is 3.84. The number of amides is 1. The molecule has 2 unspecified atom stereocenters. The summed E-state index contributed by atoms with van der Waals surface area (Å²) >= 11 is 0. The van der Waals surface area contributed by atoms with Gasteiger partial charge in [0.2, 0.25) is 5.91 Å². The molecule has 1 aromatic carbocycles. The Morgan fingerprint density at radius 3 is 2.22 bits per heavy atom. The molecule has 1 amide bonds. The smallest absolute Gasteiger partial charge is 0.307 e. The molecule has 18 heavy (non-hydrogen) atoms. The Morgan fingerprint density at radius 2 is 1.72 bits per heavy atom. The predicted octanol–water partition coefficient (Wildman–Crippen LogP) is 0.991. The molecule has 2 N–H and O–H groups in total. The van der Waals surface area contributed by atoms with E-state index in [0.717, 1.165) is 12.8 Å². The lowest BCUT2D eigenvalue weighted by molar-refractivity contribution is -0.140. The third kappa shape index (κ3) is 1.98. The summed E-state index contributed by atoms with van der Waals surface area (Å²) in [7, 11) is 0. The van der Waals surface area contributed by atoms with Crippen LogP contribution in [0.25, 0.3) is 0 Å². The summed E-state index contributed by atoms with van der Waals surface area (Å²) in [4.78, 5) is 22.6. The van der Waals surface area contributed by atoms with E-state index < -0.39 is 11.9 Å². The molecule has 94 valence electrons. The Hall–Kier alpha value is -1.84. The van der Waals surface area contributed by atoms with Crippen LogP contribution in [0.4, 0.5) is 0 Å². The fourth-order valence-electron chi connectivity index (χ4n) is 2.73. The van der Waals surface area contributed by atoms with Crippen molar-refractivity contribution >= 4 is 11.9 Å². The molecular formula is C14H15NO3. The summed E-state index contributed by atoms with van der Waals surface area (Å²) in [6.45, 7) is 0. The molecule has 0 aliphatic heterocycles. The molecule has 4 heteroatoms. The second-order valence-corrected chi connectivity index (χ2v) is 5.17. The molecule has 1 saturated carbocycles. The minimum absolute atomic E-state index is 0.0970. The lowest BCUT2D eigenvalue weighted by Gasteiger charge is -2.11. The molecule has 4 nitrogen and oxygen atoms in total. The van der Waals surface area contributed by atoms with E-state index in [4.69, 9.17) is 5.11 Å². The maximum absolute atomic E-state index is 11.9. The van der Waals surface area contributed by atoms with Gasteiger partial charge >= 0.3 is 5.97 Å². The minimum Gasteiger partial charge on any atom is -0.481 e. The summed E-state index contributed by atoms with van der Waals surface area (Å²) in [5.41, 5.74) is 2.57. The molecule has 3 rings (SSSR count). The summed E-state index contributed by atoms with van der Waals surface area (Å²) in [5.74, 6) is -1.73. The molecule has 0 aromatic heterocycles. The molecule has 1 fully saturated rings. The van der Waals surface area contributed by atoms with E-state index >= 15 is 0 Å². The number of benzene rings is 1. The van der Waals surface area contributed by atoms with Gasteiger partial charge in [0, 0.05) is 6.04 Å². The molecule has 1 aromatic rings. The number of rotatable bonds is 3. The number of aliphatic carboxylic acids is 1. The number of carbonyl (C=O) groups excluding carboxylic acids is 1. The van der Waals surface area contributed by atoms with Crippen molar-refractivity contribution in [3.63, 3.8) is 0 Å². The summed E-state index contributed by atoms with van der Waals surface area (Å²) < 4.78 is 0. The van der Waals surface area contributed by atoms with Crippen LogP contribution >= 0.6 is 0 Å². The number of hydrogen-bond acceptors (Lipinski definition) is 2. The van der Waals surface area contributed by atoms with Crippen LogP contribution in [-0.2, 0) is 22.4 Å². The van der Waals surface area contributed by atoms with Crippen molar-refractivity contribution in [2.75, 3.05) is 0 Å². The number of nitrogens with one attached hydrogen (secondary N) is 1. The summed E-state index contributed by atoms with van der Waals surface area (Å²) in [6.07, 6.45) is 2.19. The van der Waals surface area contributed by atoms with Crippen molar-refractivity contribution in [2.24, 2.45) is 11.8 Å². The van der Waals surface area contributed by atoms with E-state index in [9.17, 15) is 9.59 Å². The molecule has 2 aliphatic carbocycles. The monoisotopic (exact) mass is 245 g/mol. The molecule has 2 atom stereocenters. The average Bonchev–Trinajstić information content (AvgIpc) is 3.04. The largest absolute Gasteiger partial charge is 0.481 e. The molecule has 0 bridgehead atoms. The first kappa shape index (κ1) is 11.3. The molecule has 0 spiro atoms. The van der Waals surface area contributed by atoms with Crippen LogP contribution in [0.2, 0.25) is 0 Å². The molecule has 2 aliphatic rings. The van der Waals surface area contributed by atoms with E-state index in [1.807, 2.05) is 12.1 Å². The van der Waals surface area contributed by atoms with Crippen molar-refractivity contribution < 1.29 is 14.7 Å². The van der Waals surface area contributed by atoms with Gasteiger partial charge in [0.05, 0.1) is 11.8 Å². The number of hydrogen-bond donors (Lipinski definition) is 2. The lowest BCUT2D eigenvalue weighted by atomic mass is 10.1. The predicted molar refractivity (Wildman–Crippen MR) is 65.0 cm³/mol. The Bertz CT molecular complexity index is 487. The van der Waals surface area contributed by atoms with E-state index in [1.165, 1.54) is 11.1 Å². The van der Waals surface area contributed by atoms with Crippen molar-refractivity contribution in [2.45, 2.75) is 25.3 Å². The average molecular weight is 245 g/mol. The summed E-state index contributed by atoms with van der Waals surface area (Å²) in [5, 5.41) is 11.8. The Labute approximate surface area is 105 Å². The van der Waals surface area contributed by atoms with Crippen molar-refractivity contribution in [1.82, 2.24) is 5.32 Å². The minimum atomic E-state index is -0.857. The van der Waals surface area contributed by atoms with Crippen molar-refractivity contribution in [1.29, 1.82) is 0 Å². The van der Waals surface area contributed by atoms with Gasteiger partial charge in [-0.2, -0.15) is 0 Å². The van der Waals surface area contributed by atoms with Crippen LogP contribution in [0.15, 0.2) is 24.3 Å². The number of carboxylic acids is 1. The van der Waals surface area contributed by atoms with Crippen LogP contribution in [0.3, 0.4) is 0 Å². The number of fused-ring (bicyclic) bond motifs is 1. The Kier molecular flexibility index (Phi) is 2.58. The Morgan fingerprint density at radius 1 is 1.11 bits per heavy atom. The van der Waals surface area contributed by atoms with Crippen molar-refractivity contribution in [3.05, 3.63) is 35.4 Å². The highest BCUT2D eigenvalue weighted by Crippen LogP contribution is 2.39. The highest BCUT2D eigenvalue weighted by atomic mass is 16.4. The zero-order chi connectivity index (χ0) is 12.7. The van der Waals surface area contributed by atoms with E-state index in [1.54, 1.807) is 0 Å². The summed E-state index contributed by atoms with van der Waals surface area (Å²) in [6, 6.07) is 8.30. The highest BCUT2D eigenvalue weighted by molar-refractivity contribution is 5.89. The van der Waals surface area contributed by atoms with Gasteiger partial charge in [-0.15, -0.1) is 0 Å². The van der Waals surface area contributed by atoms with Crippen LogP contribution in [0, 0.1) is 11.8 Å². The normalized spacial score (nSPS) is 25.6. The first-order valence-corrected chi connectivity index (χ1v) is 6.25. The fourth-order valence-corrected chi connectivity index (χ4v) is 2.73. The van der Waals surface area contributed by atoms with Gasteiger partial charge in [-0.25, -0.2) is 0 Å². The van der Waals surface area contributed by atoms with Gasteiger partial charge in [-0.3, -0.25) is 9.59 Å². The SMILES string of the molecule is O=C(O)C1CC1C(=O)NC1Cc2ccccc2C1.